The van der Waals surface area contributed by atoms with Crippen molar-refractivity contribution in [2.45, 2.75) is 11.2 Å². The van der Waals surface area contributed by atoms with E-state index >= 15 is 0 Å². The van der Waals surface area contributed by atoms with E-state index < -0.39 is 23.2 Å². The van der Waals surface area contributed by atoms with Crippen molar-refractivity contribution in [3.63, 3.8) is 0 Å². The van der Waals surface area contributed by atoms with Gasteiger partial charge in [-0.1, -0.05) is 72.4 Å². The lowest BCUT2D eigenvalue weighted by Crippen LogP contribution is -2.15. The Morgan fingerprint density at radius 1 is 0.970 bits per heavy atom. The molecule has 164 valence electrons. The fraction of sp³-hybridized carbons (Fsp3) is 0.0800. The van der Waals surface area contributed by atoms with Crippen LogP contribution in [0.2, 0.25) is 0 Å². The summed E-state index contributed by atoms with van der Waals surface area (Å²) in [6.45, 7) is 0. The van der Waals surface area contributed by atoms with E-state index in [9.17, 15) is 23.2 Å². The zero-order valence-electron chi connectivity index (χ0n) is 17.1. The second-order valence-corrected chi connectivity index (χ2v) is 8.07. The molecule has 0 saturated carbocycles. The first kappa shape index (κ1) is 22.4. The van der Waals surface area contributed by atoms with Gasteiger partial charge in [-0.15, -0.1) is 0 Å². The minimum Gasteiger partial charge on any atom is -0.325 e. The molecule has 8 heteroatoms. The number of nitriles is 1. The van der Waals surface area contributed by atoms with E-state index in [4.69, 9.17) is 0 Å². The van der Waals surface area contributed by atoms with Crippen LogP contribution >= 0.6 is 11.8 Å². The van der Waals surface area contributed by atoms with E-state index in [1.165, 1.54) is 0 Å². The molecule has 0 unspecified atom stereocenters. The van der Waals surface area contributed by atoms with Crippen molar-refractivity contribution < 1.29 is 18.0 Å². The molecule has 0 atom stereocenters. The van der Waals surface area contributed by atoms with Gasteiger partial charge in [0.2, 0.25) is 5.91 Å². The molecule has 4 nitrogen and oxygen atoms in total. The molecular weight excluding hydrogens is 447 g/mol. The summed E-state index contributed by atoms with van der Waals surface area (Å²) < 4.78 is 41.0. The Morgan fingerprint density at radius 3 is 2.36 bits per heavy atom. The lowest BCUT2D eigenvalue weighted by atomic mass is 10.1. The van der Waals surface area contributed by atoms with Crippen LogP contribution in [0.5, 0.6) is 0 Å². The molecule has 1 N–H and O–H groups in total. The number of anilines is 1. The number of nitrogens with one attached hydrogen (secondary N) is 1. The maximum atomic E-state index is 13.7. The molecule has 0 aliphatic carbocycles. The number of pyridine rings is 1. The molecule has 1 heterocycles. The van der Waals surface area contributed by atoms with Crippen LogP contribution < -0.4 is 5.32 Å². The first-order chi connectivity index (χ1) is 15.8. The van der Waals surface area contributed by atoms with Gasteiger partial charge in [-0.3, -0.25) is 4.79 Å². The van der Waals surface area contributed by atoms with Gasteiger partial charge in [0.15, 0.2) is 0 Å². The molecule has 4 rings (SSSR count). The molecule has 4 aromatic rings. The summed E-state index contributed by atoms with van der Waals surface area (Å²) in [5.41, 5.74) is -0.530. The van der Waals surface area contributed by atoms with E-state index in [2.05, 4.69) is 10.3 Å². The summed E-state index contributed by atoms with van der Waals surface area (Å²) >= 11 is 0.796. The number of hydrogen-bond donors (Lipinski definition) is 1. The quantitative estimate of drug-likeness (QED) is 0.342. The molecule has 33 heavy (non-hydrogen) atoms. The van der Waals surface area contributed by atoms with E-state index in [0.717, 1.165) is 28.6 Å². The minimum atomic E-state index is -4.74. The molecule has 0 fully saturated rings. The number of carbonyl (C=O) groups is 1. The molecule has 0 aliphatic heterocycles. The largest absolute Gasteiger partial charge is 0.417 e. The van der Waals surface area contributed by atoms with E-state index in [1.54, 1.807) is 42.5 Å². The number of fused-ring (bicyclic) bond motifs is 1. The van der Waals surface area contributed by atoms with Crippen LogP contribution in [0.1, 0.15) is 11.1 Å². The van der Waals surface area contributed by atoms with Crippen LogP contribution in [0.25, 0.3) is 22.0 Å². The number of rotatable bonds is 5. The third-order valence-electron chi connectivity index (χ3n) is 4.85. The fourth-order valence-electron chi connectivity index (χ4n) is 3.31. The first-order valence-corrected chi connectivity index (χ1v) is 10.8. The predicted molar refractivity (Wildman–Crippen MR) is 123 cm³/mol. The Hall–Kier alpha value is -3.83. The molecule has 0 spiro atoms. The molecular formula is C25H16F3N3OS. The van der Waals surface area contributed by atoms with E-state index in [0.29, 0.717) is 11.3 Å². The van der Waals surface area contributed by atoms with Gasteiger partial charge in [0.1, 0.15) is 11.1 Å². The molecule has 1 amide bonds. The van der Waals surface area contributed by atoms with Crippen molar-refractivity contribution in [3.05, 3.63) is 90.0 Å². The predicted octanol–water partition coefficient (Wildman–Crippen LogP) is 6.52. The first-order valence-electron chi connectivity index (χ1n) is 9.84. The van der Waals surface area contributed by atoms with E-state index in [-0.39, 0.29) is 16.5 Å². The van der Waals surface area contributed by atoms with Crippen LogP contribution in [-0.4, -0.2) is 16.6 Å². The van der Waals surface area contributed by atoms with Crippen molar-refractivity contribution in [2.75, 3.05) is 11.1 Å². The number of nitrogens with zero attached hydrogens (tertiary/aromatic N) is 2. The molecule has 3 aromatic carbocycles. The standard InChI is InChI=1S/C25H16F3N3OS/c26-25(27,28)21-13-22(17-7-2-1-3-8-17)31-24(20(21)14-29)33-15-23(32)30-19-11-10-16-6-4-5-9-18(16)12-19/h1-13H,15H2,(H,30,32). The van der Waals surface area contributed by atoms with Crippen LogP contribution in [0.15, 0.2) is 83.9 Å². The highest BCUT2D eigenvalue weighted by Crippen LogP contribution is 2.38. The number of alkyl halides is 3. The Balaban J connectivity index is 1.59. The number of aromatic nitrogens is 1. The van der Waals surface area contributed by atoms with Gasteiger partial charge in [0.25, 0.3) is 0 Å². The lowest BCUT2D eigenvalue weighted by molar-refractivity contribution is -0.138. The topological polar surface area (TPSA) is 65.8 Å². The maximum absolute atomic E-state index is 13.7. The average molecular weight is 463 g/mol. The second-order valence-electron chi connectivity index (χ2n) is 7.11. The number of thioether (sulfide) groups is 1. The second kappa shape index (κ2) is 9.35. The molecule has 0 bridgehead atoms. The molecule has 0 saturated heterocycles. The zero-order valence-corrected chi connectivity index (χ0v) is 17.9. The van der Waals surface area contributed by atoms with Gasteiger partial charge < -0.3 is 5.32 Å². The number of benzene rings is 3. The van der Waals surface area contributed by atoms with E-state index in [1.807, 2.05) is 36.4 Å². The summed E-state index contributed by atoms with van der Waals surface area (Å²) in [5.74, 6) is -0.621. The van der Waals surface area contributed by atoms with Crippen molar-refractivity contribution in [1.29, 1.82) is 5.26 Å². The Morgan fingerprint density at radius 2 is 1.67 bits per heavy atom. The van der Waals surface area contributed by atoms with Crippen LogP contribution in [0.4, 0.5) is 18.9 Å². The third kappa shape index (κ3) is 5.16. The number of amides is 1. The van der Waals surface area contributed by atoms with Gasteiger partial charge in [-0.25, -0.2) is 4.98 Å². The van der Waals surface area contributed by atoms with Crippen molar-refractivity contribution >= 4 is 34.1 Å². The molecule has 0 radical (unpaired) electrons. The van der Waals surface area contributed by atoms with Crippen molar-refractivity contribution in [3.8, 4) is 17.3 Å². The lowest BCUT2D eigenvalue weighted by Gasteiger charge is -2.14. The number of halogens is 3. The minimum absolute atomic E-state index is 0.0827. The molecule has 0 aliphatic rings. The van der Waals surface area contributed by atoms with Gasteiger partial charge in [-0.2, -0.15) is 18.4 Å². The Bertz CT molecular complexity index is 1370. The zero-order chi connectivity index (χ0) is 23.4. The summed E-state index contributed by atoms with van der Waals surface area (Å²) in [6, 6.07) is 24.0. The van der Waals surface area contributed by atoms with Gasteiger partial charge in [0.05, 0.1) is 22.6 Å². The van der Waals surface area contributed by atoms with Gasteiger partial charge >= 0.3 is 6.18 Å². The van der Waals surface area contributed by atoms with Crippen molar-refractivity contribution in [1.82, 2.24) is 4.98 Å². The molecule has 1 aromatic heterocycles. The monoisotopic (exact) mass is 463 g/mol. The van der Waals surface area contributed by atoms with Crippen LogP contribution in [0.3, 0.4) is 0 Å². The highest BCUT2D eigenvalue weighted by molar-refractivity contribution is 8.00. The summed E-state index contributed by atoms with van der Waals surface area (Å²) in [7, 11) is 0. The Labute approximate surface area is 192 Å². The average Bonchev–Trinajstić information content (AvgIpc) is 2.82. The van der Waals surface area contributed by atoms with Gasteiger partial charge in [0, 0.05) is 11.3 Å². The fourth-order valence-corrected chi connectivity index (χ4v) is 4.12. The van der Waals surface area contributed by atoms with Gasteiger partial charge in [-0.05, 0) is 29.0 Å². The number of hydrogen-bond acceptors (Lipinski definition) is 4. The highest BCUT2D eigenvalue weighted by atomic mass is 32.2. The summed E-state index contributed by atoms with van der Waals surface area (Å²) in [4.78, 5) is 16.8. The van der Waals surface area contributed by atoms with Crippen LogP contribution in [0, 0.1) is 11.3 Å². The Kier molecular flexibility index (Phi) is 6.33. The number of carbonyl (C=O) groups excluding carboxylic acids is 1. The third-order valence-corrected chi connectivity index (χ3v) is 5.82. The smallest absolute Gasteiger partial charge is 0.325 e. The SMILES string of the molecule is N#Cc1c(C(F)(F)F)cc(-c2ccccc2)nc1SCC(=O)Nc1ccc2ccccc2c1. The maximum Gasteiger partial charge on any atom is 0.417 e. The summed E-state index contributed by atoms with van der Waals surface area (Å²) in [5, 5.41) is 14.0. The van der Waals surface area contributed by atoms with Crippen LogP contribution in [-0.2, 0) is 11.0 Å². The normalized spacial score (nSPS) is 11.2. The van der Waals surface area contributed by atoms with Crippen molar-refractivity contribution in [2.24, 2.45) is 0 Å². The highest BCUT2D eigenvalue weighted by Gasteiger charge is 2.36. The summed E-state index contributed by atoms with van der Waals surface area (Å²) in [6.07, 6.45) is -4.74.